The first kappa shape index (κ1) is 20.8. The van der Waals surface area contributed by atoms with Gasteiger partial charge in [-0.2, -0.15) is 0 Å². The summed E-state index contributed by atoms with van der Waals surface area (Å²) in [5.74, 6) is 1.41. The van der Waals surface area contributed by atoms with Gasteiger partial charge in [-0.05, 0) is 61.1 Å². The van der Waals surface area contributed by atoms with Gasteiger partial charge in [0.1, 0.15) is 6.61 Å². The highest BCUT2D eigenvalue weighted by atomic mass is 16.5. The zero-order chi connectivity index (χ0) is 21.5. The molecular formula is C25H27N3O3. The number of benzene rings is 1. The van der Waals surface area contributed by atoms with Crippen LogP contribution < -0.4 is 9.47 Å². The Balaban J connectivity index is 1.50. The molecule has 1 amide bonds. The number of amides is 1. The van der Waals surface area contributed by atoms with Crippen LogP contribution in [0.15, 0.2) is 67.1 Å². The minimum absolute atomic E-state index is 0.0224. The average Bonchev–Trinajstić information content (AvgIpc) is 2.83. The minimum Gasteiger partial charge on any atom is -0.493 e. The van der Waals surface area contributed by atoms with Crippen molar-refractivity contribution in [3.63, 3.8) is 0 Å². The molecule has 1 aliphatic rings. The Morgan fingerprint density at radius 3 is 2.84 bits per heavy atom. The van der Waals surface area contributed by atoms with E-state index in [1.165, 1.54) is 5.56 Å². The molecule has 1 fully saturated rings. The third-order valence-electron chi connectivity index (χ3n) is 5.57. The Morgan fingerprint density at radius 1 is 1.13 bits per heavy atom. The van der Waals surface area contributed by atoms with Crippen molar-refractivity contribution >= 4 is 5.91 Å². The lowest BCUT2D eigenvalue weighted by atomic mass is 9.91. The lowest BCUT2D eigenvalue weighted by Crippen LogP contribution is -2.40. The molecule has 31 heavy (non-hydrogen) atoms. The highest BCUT2D eigenvalue weighted by Gasteiger charge is 2.27. The lowest BCUT2D eigenvalue weighted by Gasteiger charge is -2.33. The zero-order valence-electron chi connectivity index (χ0n) is 17.7. The molecule has 0 radical (unpaired) electrons. The van der Waals surface area contributed by atoms with E-state index in [2.05, 4.69) is 16.0 Å². The van der Waals surface area contributed by atoms with Gasteiger partial charge in [0, 0.05) is 31.7 Å². The van der Waals surface area contributed by atoms with Crippen LogP contribution in [0.3, 0.4) is 0 Å². The highest BCUT2D eigenvalue weighted by Crippen LogP contribution is 2.33. The normalized spacial score (nSPS) is 16.0. The van der Waals surface area contributed by atoms with Crippen LogP contribution >= 0.6 is 0 Å². The topological polar surface area (TPSA) is 64.5 Å². The van der Waals surface area contributed by atoms with E-state index in [9.17, 15) is 4.79 Å². The quantitative estimate of drug-likeness (QED) is 0.578. The summed E-state index contributed by atoms with van der Waals surface area (Å²) in [7, 11) is 1.59. The maximum Gasteiger partial charge on any atom is 0.257 e. The van der Waals surface area contributed by atoms with E-state index in [4.69, 9.17) is 9.47 Å². The number of piperidine rings is 1. The summed E-state index contributed by atoms with van der Waals surface area (Å²) < 4.78 is 11.5. The van der Waals surface area contributed by atoms with Crippen LogP contribution in [0.25, 0.3) is 0 Å². The molecule has 0 saturated carbocycles. The van der Waals surface area contributed by atoms with Crippen LogP contribution in [0.1, 0.15) is 34.5 Å². The molecule has 1 aliphatic heterocycles. The van der Waals surface area contributed by atoms with Crippen LogP contribution in [0.4, 0.5) is 0 Å². The number of likely N-dealkylation sites (tertiary alicyclic amines) is 1. The van der Waals surface area contributed by atoms with Crippen LogP contribution in [0.2, 0.25) is 0 Å². The second-order valence-corrected chi connectivity index (χ2v) is 7.77. The molecule has 1 aromatic carbocycles. The van der Waals surface area contributed by atoms with Gasteiger partial charge >= 0.3 is 0 Å². The Labute approximate surface area is 182 Å². The first-order valence-electron chi connectivity index (χ1n) is 10.6. The number of carbonyl (C=O) groups is 1. The molecule has 3 heterocycles. The van der Waals surface area contributed by atoms with Crippen LogP contribution in [0, 0.1) is 5.92 Å². The number of ether oxygens (including phenoxy) is 2. The number of hydrogen-bond acceptors (Lipinski definition) is 5. The molecule has 0 bridgehead atoms. The van der Waals surface area contributed by atoms with Crippen molar-refractivity contribution in [1.82, 2.24) is 14.9 Å². The molecule has 3 aromatic rings. The Bertz CT molecular complexity index is 995. The van der Waals surface area contributed by atoms with E-state index >= 15 is 0 Å². The van der Waals surface area contributed by atoms with Crippen molar-refractivity contribution < 1.29 is 14.3 Å². The van der Waals surface area contributed by atoms with Gasteiger partial charge in [0.05, 0.1) is 18.4 Å². The second-order valence-electron chi connectivity index (χ2n) is 7.77. The predicted molar refractivity (Wildman–Crippen MR) is 118 cm³/mol. The van der Waals surface area contributed by atoms with Gasteiger partial charge in [-0.3, -0.25) is 14.8 Å². The van der Waals surface area contributed by atoms with Crippen molar-refractivity contribution in [2.24, 2.45) is 5.92 Å². The molecule has 4 rings (SSSR count). The van der Waals surface area contributed by atoms with Crippen molar-refractivity contribution in [3.05, 3.63) is 83.9 Å². The molecule has 0 spiro atoms. The van der Waals surface area contributed by atoms with Gasteiger partial charge in [0.15, 0.2) is 11.5 Å². The third kappa shape index (κ3) is 5.20. The molecule has 6 heteroatoms. The smallest absolute Gasteiger partial charge is 0.257 e. The SMILES string of the molecule is COc1cccc(C(=O)N2CCC[C@@H](Cc3cccnc3)C2)c1OCc1ccccn1. The largest absolute Gasteiger partial charge is 0.493 e. The number of rotatable bonds is 7. The summed E-state index contributed by atoms with van der Waals surface area (Å²) in [5.41, 5.74) is 2.53. The fourth-order valence-corrected chi connectivity index (χ4v) is 4.06. The van der Waals surface area contributed by atoms with E-state index < -0.39 is 0 Å². The molecule has 1 atom stereocenters. The zero-order valence-corrected chi connectivity index (χ0v) is 17.7. The van der Waals surface area contributed by atoms with Crippen molar-refractivity contribution in [2.75, 3.05) is 20.2 Å². The van der Waals surface area contributed by atoms with E-state index in [0.717, 1.165) is 38.0 Å². The Morgan fingerprint density at radius 2 is 2.06 bits per heavy atom. The molecule has 0 aliphatic carbocycles. The number of hydrogen-bond donors (Lipinski definition) is 0. The number of methoxy groups -OCH3 is 1. The van der Waals surface area contributed by atoms with Crippen molar-refractivity contribution in [3.8, 4) is 11.5 Å². The highest BCUT2D eigenvalue weighted by molar-refractivity contribution is 5.98. The maximum absolute atomic E-state index is 13.5. The minimum atomic E-state index is -0.0224. The van der Waals surface area contributed by atoms with Crippen LogP contribution in [-0.2, 0) is 13.0 Å². The number of carbonyl (C=O) groups excluding carboxylic acids is 1. The average molecular weight is 418 g/mol. The number of nitrogens with zero attached hydrogens (tertiary/aromatic N) is 3. The van der Waals surface area contributed by atoms with Crippen molar-refractivity contribution in [1.29, 1.82) is 0 Å². The summed E-state index contributed by atoms with van der Waals surface area (Å²) in [6.07, 6.45) is 8.45. The van der Waals surface area contributed by atoms with Gasteiger partial charge < -0.3 is 14.4 Å². The Hall–Kier alpha value is -3.41. The molecule has 2 aromatic heterocycles. The predicted octanol–water partition coefficient (Wildman–Crippen LogP) is 4.16. The number of aromatic nitrogens is 2. The summed E-state index contributed by atoms with van der Waals surface area (Å²) in [4.78, 5) is 23.9. The van der Waals surface area contributed by atoms with Crippen molar-refractivity contribution in [2.45, 2.75) is 25.9 Å². The Kier molecular flexibility index (Phi) is 6.77. The van der Waals surface area contributed by atoms with E-state index in [1.807, 2.05) is 53.6 Å². The molecule has 0 N–H and O–H groups in total. The van der Waals surface area contributed by atoms with E-state index in [-0.39, 0.29) is 12.5 Å². The van der Waals surface area contributed by atoms with Gasteiger partial charge in [-0.1, -0.05) is 18.2 Å². The number of pyridine rings is 2. The van der Waals surface area contributed by atoms with Crippen LogP contribution in [-0.4, -0.2) is 41.0 Å². The monoisotopic (exact) mass is 417 g/mol. The first-order valence-corrected chi connectivity index (χ1v) is 10.6. The molecule has 0 unspecified atom stereocenters. The van der Waals surface area contributed by atoms with Gasteiger partial charge in [0.2, 0.25) is 0 Å². The molecular weight excluding hydrogens is 390 g/mol. The third-order valence-corrected chi connectivity index (χ3v) is 5.57. The second kappa shape index (κ2) is 10.1. The van der Waals surface area contributed by atoms with Gasteiger partial charge in [-0.25, -0.2) is 0 Å². The van der Waals surface area contributed by atoms with Gasteiger partial charge in [0.25, 0.3) is 5.91 Å². The number of para-hydroxylation sites is 1. The molecule has 6 nitrogen and oxygen atoms in total. The summed E-state index contributed by atoms with van der Waals surface area (Å²) in [5, 5.41) is 0. The fraction of sp³-hybridized carbons (Fsp3) is 0.320. The molecule has 1 saturated heterocycles. The first-order chi connectivity index (χ1) is 15.2. The van der Waals surface area contributed by atoms with Gasteiger partial charge in [-0.15, -0.1) is 0 Å². The summed E-state index contributed by atoms with van der Waals surface area (Å²) in [6.45, 7) is 1.75. The van der Waals surface area contributed by atoms with E-state index in [1.54, 1.807) is 19.5 Å². The fourth-order valence-electron chi connectivity index (χ4n) is 4.06. The lowest BCUT2D eigenvalue weighted by molar-refractivity contribution is 0.0667. The van der Waals surface area contributed by atoms with Crippen LogP contribution in [0.5, 0.6) is 11.5 Å². The van der Waals surface area contributed by atoms with E-state index in [0.29, 0.717) is 23.0 Å². The summed E-state index contributed by atoms with van der Waals surface area (Å²) in [6, 6.07) is 15.2. The summed E-state index contributed by atoms with van der Waals surface area (Å²) >= 11 is 0. The standard InChI is InChI=1S/C25H27N3O3/c1-30-23-11-4-10-22(24(23)31-18-21-9-2-3-13-27-21)25(29)28-14-6-8-20(17-28)15-19-7-5-12-26-16-19/h2-5,7,9-13,16,20H,6,8,14-15,17-18H2,1H3/t20-/m0/s1. The maximum atomic E-state index is 13.5. The molecule has 160 valence electrons.